The van der Waals surface area contributed by atoms with Crippen LogP contribution < -0.4 is 5.32 Å². The van der Waals surface area contributed by atoms with Crippen molar-refractivity contribution in [2.45, 2.75) is 6.18 Å². The molecule has 0 radical (unpaired) electrons. The van der Waals surface area contributed by atoms with Gasteiger partial charge in [-0.25, -0.2) is 0 Å². The Morgan fingerprint density at radius 1 is 1.05 bits per heavy atom. The van der Waals surface area contributed by atoms with Crippen molar-refractivity contribution in [1.82, 2.24) is 4.98 Å². The van der Waals surface area contributed by atoms with Crippen molar-refractivity contribution >= 4 is 22.5 Å². The van der Waals surface area contributed by atoms with Crippen LogP contribution in [0.15, 0.2) is 54.7 Å². The van der Waals surface area contributed by atoms with Gasteiger partial charge in [0.1, 0.15) is 0 Å². The van der Waals surface area contributed by atoms with E-state index < -0.39 is 17.6 Å². The molecule has 112 valence electrons. The van der Waals surface area contributed by atoms with E-state index in [9.17, 15) is 18.0 Å². The summed E-state index contributed by atoms with van der Waals surface area (Å²) in [7, 11) is 0. The van der Waals surface area contributed by atoms with Crippen LogP contribution in [0.4, 0.5) is 18.9 Å². The highest BCUT2D eigenvalue weighted by Gasteiger charge is 2.33. The van der Waals surface area contributed by atoms with E-state index in [1.54, 1.807) is 30.5 Å². The van der Waals surface area contributed by atoms with Crippen molar-refractivity contribution in [2.75, 3.05) is 5.32 Å². The molecule has 0 bridgehead atoms. The largest absolute Gasteiger partial charge is 0.418 e. The lowest BCUT2D eigenvalue weighted by molar-refractivity contribution is -0.136. The van der Waals surface area contributed by atoms with Crippen LogP contribution in [0.5, 0.6) is 0 Å². The molecular weight excluding hydrogens is 293 g/mol. The zero-order valence-electron chi connectivity index (χ0n) is 11.2. The number of hydrogen-bond acceptors (Lipinski definition) is 1. The summed E-state index contributed by atoms with van der Waals surface area (Å²) in [5, 5.41) is 3.14. The Hall–Kier alpha value is -2.76. The number of carbonyl (C=O) groups is 1. The van der Waals surface area contributed by atoms with Crippen molar-refractivity contribution in [2.24, 2.45) is 0 Å². The zero-order valence-corrected chi connectivity index (χ0v) is 11.2. The minimum absolute atomic E-state index is 0.255. The van der Waals surface area contributed by atoms with Crippen LogP contribution >= 0.6 is 0 Å². The minimum Gasteiger partial charge on any atom is -0.361 e. The maximum atomic E-state index is 12.9. The molecule has 1 aromatic heterocycles. The molecular formula is C16H11F3N2O. The molecule has 0 fully saturated rings. The van der Waals surface area contributed by atoms with Crippen molar-refractivity contribution in [1.29, 1.82) is 0 Å². The molecule has 2 N–H and O–H groups in total. The molecule has 0 spiro atoms. The molecule has 2 aromatic carbocycles. The van der Waals surface area contributed by atoms with Crippen molar-refractivity contribution in [3.63, 3.8) is 0 Å². The molecule has 6 heteroatoms. The van der Waals surface area contributed by atoms with Gasteiger partial charge in [-0.05, 0) is 36.4 Å². The number of rotatable bonds is 2. The SMILES string of the molecule is O=C(Nc1ccccc1C(F)(F)F)c1ccc2[nH]ccc2c1. The van der Waals surface area contributed by atoms with Gasteiger partial charge >= 0.3 is 6.18 Å². The monoisotopic (exact) mass is 304 g/mol. The van der Waals surface area contributed by atoms with Crippen molar-refractivity contribution in [3.05, 3.63) is 65.9 Å². The van der Waals surface area contributed by atoms with Gasteiger partial charge in [-0.1, -0.05) is 12.1 Å². The van der Waals surface area contributed by atoms with E-state index in [0.717, 1.165) is 17.0 Å². The summed E-state index contributed by atoms with van der Waals surface area (Å²) in [5.41, 5.74) is 0.0246. The summed E-state index contributed by atoms with van der Waals surface area (Å²) in [6.45, 7) is 0. The normalized spacial score (nSPS) is 11.6. The van der Waals surface area contributed by atoms with Gasteiger partial charge < -0.3 is 10.3 Å². The average molecular weight is 304 g/mol. The van der Waals surface area contributed by atoms with E-state index >= 15 is 0 Å². The number of hydrogen-bond donors (Lipinski definition) is 2. The number of H-pyrrole nitrogens is 1. The van der Waals surface area contributed by atoms with E-state index in [-0.39, 0.29) is 5.69 Å². The zero-order chi connectivity index (χ0) is 15.7. The highest BCUT2D eigenvalue weighted by atomic mass is 19.4. The highest BCUT2D eigenvalue weighted by molar-refractivity contribution is 6.06. The van der Waals surface area contributed by atoms with E-state index in [1.807, 2.05) is 0 Å². The van der Waals surface area contributed by atoms with E-state index in [0.29, 0.717) is 5.56 Å². The van der Waals surface area contributed by atoms with Gasteiger partial charge in [0.05, 0.1) is 11.3 Å². The van der Waals surface area contributed by atoms with Crippen LogP contribution in [0, 0.1) is 0 Å². The molecule has 0 aliphatic carbocycles. The van der Waals surface area contributed by atoms with E-state index in [2.05, 4.69) is 10.3 Å². The first-order chi connectivity index (χ1) is 10.4. The Bertz CT molecular complexity index is 837. The number of halogens is 3. The number of aromatic nitrogens is 1. The maximum absolute atomic E-state index is 12.9. The highest BCUT2D eigenvalue weighted by Crippen LogP contribution is 2.34. The summed E-state index contributed by atoms with van der Waals surface area (Å²) in [4.78, 5) is 15.2. The van der Waals surface area contributed by atoms with Crippen LogP contribution in [0.3, 0.4) is 0 Å². The predicted octanol–water partition coefficient (Wildman–Crippen LogP) is 4.44. The second-order valence-corrected chi connectivity index (χ2v) is 4.78. The van der Waals surface area contributed by atoms with Gasteiger partial charge in [-0.2, -0.15) is 13.2 Å². The second-order valence-electron chi connectivity index (χ2n) is 4.78. The number of aromatic amines is 1. The third kappa shape index (κ3) is 2.67. The van der Waals surface area contributed by atoms with Gasteiger partial charge in [-0.15, -0.1) is 0 Å². The fraction of sp³-hybridized carbons (Fsp3) is 0.0625. The molecule has 1 heterocycles. The lowest BCUT2D eigenvalue weighted by Gasteiger charge is -2.13. The molecule has 0 saturated heterocycles. The summed E-state index contributed by atoms with van der Waals surface area (Å²) in [5.74, 6) is -0.584. The number of fused-ring (bicyclic) bond motifs is 1. The van der Waals surface area contributed by atoms with Gasteiger partial charge in [0.25, 0.3) is 5.91 Å². The Labute approximate surface area is 123 Å². The number of anilines is 1. The number of para-hydroxylation sites is 1. The second kappa shape index (κ2) is 5.22. The molecule has 3 nitrogen and oxygen atoms in total. The predicted molar refractivity (Wildman–Crippen MR) is 77.7 cm³/mol. The Kier molecular flexibility index (Phi) is 3.36. The standard InChI is InChI=1S/C16H11F3N2O/c17-16(18,19)12-3-1-2-4-14(12)21-15(22)11-5-6-13-10(9-11)7-8-20-13/h1-9,20H,(H,21,22). The number of nitrogens with one attached hydrogen (secondary N) is 2. The molecule has 1 amide bonds. The first-order valence-electron chi connectivity index (χ1n) is 6.50. The van der Waals surface area contributed by atoms with Gasteiger partial charge in [0.15, 0.2) is 0 Å². The smallest absolute Gasteiger partial charge is 0.361 e. The van der Waals surface area contributed by atoms with Crippen LogP contribution in [0.25, 0.3) is 10.9 Å². The van der Waals surface area contributed by atoms with Gasteiger partial charge in [-0.3, -0.25) is 4.79 Å². The van der Waals surface area contributed by atoms with E-state index in [1.165, 1.54) is 18.2 Å². The number of carbonyl (C=O) groups excluding carboxylic acids is 1. The van der Waals surface area contributed by atoms with Crippen LogP contribution in [-0.2, 0) is 6.18 Å². The third-order valence-corrected chi connectivity index (χ3v) is 3.30. The molecule has 0 atom stereocenters. The molecule has 0 aliphatic heterocycles. The molecule has 3 aromatic rings. The maximum Gasteiger partial charge on any atom is 0.418 e. The summed E-state index contributed by atoms with van der Waals surface area (Å²) >= 11 is 0. The van der Waals surface area contributed by atoms with Crippen LogP contribution in [0.1, 0.15) is 15.9 Å². The Balaban J connectivity index is 1.91. The quantitative estimate of drug-likeness (QED) is 0.722. The fourth-order valence-corrected chi connectivity index (χ4v) is 2.23. The number of benzene rings is 2. The summed E-state index contributed by atoms with van der Waals surface area (Å²) < 4.78 is 38.7. The first-order valence-corrected chi connectivity index (χ1v) is 6.50. The molecule has 22 heavy (non-hydrogen) atoms. The first kappa shape index (κ1) is 14.2. The molecule has 0 saturated carbocycles. The summed E-state index contributed by atoms with van der Waals surface area (Å²) in [6, 6.07) is 11.6. The fourth-order valence-electron chi connectivity index (χ4n) is 2.23. The number of alkyl halides is 3. The lowest BCUT2D eigenvalue weighted by Crippen LogP contribution is -2.16. The third-order valence-electron chi connectivity index (χ3n) is 3.30. The van der Waals surface area contributed by atoms with Crippen LogP contribution in [-0.4, -0.2) is 10.9 Å². The van der Waals surface area contributed by atoms with E-state index in [4.69, 9.17) is 0 Å². The summed E-state index contributed by atoms with van der Waals surface area (Å²) in [6.07, 6.45) is -2.79. The molecule has 0 aliphatic rings. The van der Waals surface area contributed by atoms with Gasteiger partial charge in [0.2, 0.25) is 0 Å². The number of amides is 1. The topological polar surface area (TPSA) is 44.9 Å². The Morgan fingerprint density at radius 3 is 2.59 bits per heavy atom. The van der Waals surface area contributed by atoms with Crippen molar-refractivity contribution < 1.29 is 18.0 Å². The van der Waals surface area contributed by atoms with Gasteiger partial charge in [0, 0.05) is 22.7 Å². The average Bonchev–Trinajstić information content (AvgIpc) is 2.94. The van der Waals surface area contributed by atoms with Crippen molar-refractivity contribution in [3.8, 4) is 0 Å². The Morgan fingerprint density at radius 2 is 1.82 bits per heavy atom. The minimum atomic E-state index is -4.52. The molecule has 3 rings (SSSR count). The lowest BCUT2D eigenvalue weighted by atomic mass is 10.1. The van der Waals surface area contributed by atoms with Crippen LogP contribution in [0.2, 0.25) is 0 Å². The molecule has 0 unspecified atom stereocenters.